The fourth-order valence-electron chi connectivity index (χ4n) is 4.59. The Morgan fingerprint density at radius 3 is 2.63 bits per heavy atom. The number of anilines is 1. The van der Waals surface area contributed by atoms with E-state index in [0.717, 1.165) is 0 Å². The number of nitrogens with one attached hydrogen (secondary N) is 1. The lowest BCUT2D eigenvalue weighted by Crippen LogP contribution is -2.62. The van der Waals surface area contributed by atoms with Crippen LogP contribution in [0.2, 0.25) is 0 Å². The zero-order valence-corrected chi connectivity index (χ0v) is 19.9. The van der Waals surface area contributed by atoms with Crippen LogP contribution in [0.5, 0.6) is 11.5 Å². The van der Waals surface area contributed by atoms with Gasteiger partial charge in [-0.05, 0) is 25.1 Å². The molecule has 3 atom stereocenters. The third kappa shape index (κ3) is 4.41. The number of aliphatic hydroxyl groups is 1. The number of non-ortho nitro benzene ring substituents is 1. The van der Waals surface area contributed by atoms with Crippen molar-refractivity contribution < 1.29 is 29.0 Å². The molecule has 1 aromatic heterocycles. The SMILES string of the molecule is COc1ccccc1N(Cc1ncc[nH]1)[C@@H]1c2cc([N+](=O)[O-])ccc2OC(C)(C(OC)OC)[C@H]1O. The van der Waals surface area contributed by atoms with Gasteiger partial charge in [-0.25, -0.2) is 4.98 Å². The van der Waals surface area contributed by atoms with Gasteiger partial charge < -0.3 is 33.9 Å². The lowest BCUT2D eigenvalue weighted by molar-refractivity contribution is -0.385. The van der Waals surface area contributed by atoms with Crippen LogP contribution in [0.1, 0.15) is 24.4 Å². The number of para-hydroxylation sites is 2. The highest BCUT2D eigenvalue weighted by atomic mass is 16.7. The number of aromatic nitrogens is 2. The summed E-state index contributed by atoms with van der Waals surface area (Å²) in [5.41, 5.74) is -0.391. The molecule has 0 radical (unpaired) electrons. The molecule has 35 heavy (non-hydrogen) atoms. The van der Waals surface area contributed by atoms with Crippen molar-refractivity contribution >= 4 is 11.4 Å². The van der Waals surface area contributed by atoms with E-state index in [4.69, 9.17) is 18.9 Å². The molecule has 0 spiro atoms. The van der Waals surface area contributed by atoms with Crippen LogP contribution in [-0.2, 0) is 16.0 Å². The van der Waals surface area contributed by atoms with Gasteiger partial charge in [0.25, 0.3) is 5.69 Å². The highest BCUT2D eigenvalue weighted by molar-refractivity contribution is 5.62. The first-order chi connectivity index (χ1) is 16.8. The summed E-state index contributed by atoms with van der Waals surface area (Å²) in [6.45, 7) is 1.91. The fourth-order valence-corrected chi connectivity index (χ4v) is 4.59. The van der Waals surface area contributed by atoms with E-state index in [-0.39, 0.29) is 12.2 Å². The van der Waals surface area contributed by atoms with Crippen LogP contribution in [0, 0.1) is 10.1 Å². The zero-order chi connectivity index (χ0) is 25.2. The standard InChI is InChI=1S/C24H28N4O7/c1-24(23(33-3)34-4)22(29)21(16-13-15(28(30)31)9-10-18(16)35-24)27(14-20-25-11-12-26-20)17-7-5-6-8-19(17)32-2/h5-13,21-23,29H,14H2,1-4H3,(H,25,26)/t21-,22+,24?/m1/s1. The van der Waals surface area contributed by atoms with Gasteiger partial charge in [0.15, 0.2) is 11.9 Å². The second-order valence-electron chi connectivity index (χ2n) is 8.29. The quantitative estimate of drug-likeness (QED) is 0.267. The molecule has 0 bridgehead atoms. The van der Waals surface area contributed by atoms with Crippen molar-refractivity contribution in [1.82, 2.24) is 9.97 Å². The molecule has 0 fully saturated rings. The molecule has 186 valence electrons. The van der Waals surface area contributed by atoms with Gasteiger partial charge in [-0.3, -0.25) is 10.1 Å². The molecule has 0 aliphatic carbocycles. The number of fused-ring (bicyclic) bond motifs is 1. The summed E-state index contributed by atoms with van der Waals surface area (Å²) in [7, 11) is 4.46. The Morgan fingerprint density at radius 1 is 1.26 bits per heavy atom. The highest BCUT2D eigenvalue weighted by Gasteiger charge is 2.54. The Bertz CT molecular complexity index is 1170. The number of aromatic amines is 1. The summed E-state index contributed by atoms with van der Waals surface area (Å²) >= 11 is 0. The van der Waals surface area contributed by atoms with Crippen molar-refractivity contribution in [2.75, 3.05) is 26.2 Å². The zero-order valence-electron chi connectivity index (χ0n) is 19.9. The van der Waals surface area contributed by atoms with Gasteiger partial charge in [0.2, 0.25) is 0 Å². The van der Waals surface area contributed by atoms with Crippen LogP contribution < -0.4 is 14.4 Å². The molecule has 11 heteroatoms. The van der Waals surface area contributed by atoms with E-state index in [2.05, 4.69) is 9.97 Å². The summed E-state index contributed by atoms with van der Waals surface area (Å²) in [4.78, 5) is 20.5. The lowest BCUT2D eigenvalue weighted by Gasteiger charge is -2.49. The number of aliphatic hydroxyl groups excluding tert-OH is 1. The monoisotopic (exact) mass is 484 g/mol. The summed E-state index contributed by atoms with van der Waals surface area (Å²) in [5.74, 6) is 1.55. The Balaban J connectivity index is 1.95. The van der Waals surface area contributed by atoms with Crippen molar-refractivity contribution in [1.29, 1.82) is 0 Å². The van der Waals surface area contributed by atoms with E-state index in [1.807, 2.05) is 23.1 Å². The predicted octanol–water partition coefficient (Wildman–Crippen LogP) is 3.21. The molecule has 3 aromatic rings. The molecule has 0 amide bonds. The van der Waals surface area contributed by atoms with Gasteiger partial charge in [0.05, 0.1) is 30.3 Å². The molecule has 2 N–H and O–H groups in total. The Kier molecular flexibility index (Phi) is 6.92. The molecular formula is C24H28N4O7. The van der Waals surface area contributed by atoms with Crippen LogP contribution in [0.25, 0.3) is 0 Å². The number of hydrogen-bond donors (Lipinski definition) is 2. The Hall–Kier alpha value is -3.67. The van der Waals surface area contributed by atoms with Crippen LogP contribution in [-0.4, -0.2) is 59.3 Å². The molecular weight excluding hydrogens is 456 g/mol. The number of ether oxygens (including phenoxy) is 4. The lowest BCUT2D eigenvalue weighted by atomic mass is 9.83. The molecule has 0 saturated heterocycles. The van der Waals surface area contributed by atoms with Gasteiger partial charge in [0, 0.05) is 44.3 Å². The van der Waals surface area contributed by atoms with E-state index < -0.39 is 29.0 Å². The maximum atomic E-state index is 11.9. The summed E-state index contributed by atoms with van der Waals surface area (Å²) in [5, 5.41) is 23.5. The van der Waals surface area contributed by atoms with Gasteiger partial charge in [-0.1, -0.05) is 12.1 Å². The summed E-state index contributed by atoms with van der Waals surface area (Å²) in [6, 6.07) is 10.8. The first kappa shape index (κ1) is 24.5. The second-order valence-corrected chi connectivity index (χ2v) is 8.29. The topological polar surface area (TPSA) is 132 Å². The second kappa shape index (κ2) is 9.90. The van der Waals surface area contributed by atoms with Crippen LogP contribution in [0.15, 0.2) is 54.9 Å². The minimum atomic E-state index is -1.36. The third-order valence-corrected chi connectivity index (χ3v) is 6.24. The first-order valence-electron chi connectivity index (χ1n) is 10.9. The highest BCUT2D eigenvalue weighted by Crippen LogP contribution is 2.48. The largest absolute Gasteiger partial charge is 0.495 e. The van der Waals surface area contributed by atoms with E-state index in [1.54, 1.807) is 32.5 Å². The average molecular weight is 485 g/mol. The van der Waals surface area contributed by atoms with Crippen molar-refractivity contribution in [3.05, 3.63) is 76.4 Å². The normalized spacial score (nSPS) is 21.3. The maximum absolute atomic E-state index is 11.9. The van der Waals surface area contributed by atoms with Gasteiger partial charge >= 0.3 is 0 Å². The molecule has 2 heterocycles. The van der Waals surface area contributed by atoms with E-state index >= 15 is 0 Å². The number of imidazole rings is 1. The van der Waals surface area contributed by atoms with Crippen LogP contribution >= 0.6 is 0 Å². The Morgan fingerprint density at radius 2 is 2.00 bits per heavy atom. The fraction of sp³-hybridized carbons (Fsp3) is 0.375. The molecule has 1 aliphatic rings. The van der Waals surface area contributed by atoms with E-state index in [9.17, 15) is 15.2 Å². The smallest absolute Gasteiger partial charge is 0.270 e. The van der Waals surface area contributed by atoms with Crippen LogP contribution in [0.3, 0.4) is 0 Å². The van der Waals surface area contributed by atoms with E-state index in [0.29, 0.717) is 28.6 Å². The number of rotatable bonds is 9. The molecule has 0 saturated carbocycles. The Labute approximate surface area is 202 Å². The van der Waals surface area contributed by atoms with Crippen molar-refractivity contribution in [2.24, 2.45) is 0 Å². The summed E-state index contributed by atoms with van der Waals surface area (Å²) in [6.07, 6.45) is 1.14. The van der Waals surface area contributed by atoms with Crippen molar-refractivity contribution in [3.63, 3.8) is 0 Å². The number of nitro groups is 1. The minimum absolute atomic E-state index is 0.124. The van der Waals surface area contributed by atoms with Gasteiger partial charge in [0.1, 0.15) is 23.4 Å². The van der Waals surface area contributed by atoms with Crippen LogP contribution in [0.4, 0.5) is 11.4 Å². The number of nitro benzene ring substituents is 1. The summed E-state index contributed by atoms with van der Waals surface area (Å²) < 4.78 is 22.8. The average Bonchev–Trinajstić information content (AvgIpc) is 3.37. The van der Waals surface area contributed by atoms with E-state index in [1.165, 1.54) is 32.4 Å². The molecule has 1 unspecified atom stereocenters. The predicted molar refractivity (Wildman–Crippen MR) is 126 cm³/mol. The molecule has 2 aromatic carbocycles. The third-order valence-electron chi connectivity index (χ3n) is 6.24. The van der Waals surface area contributed by atoms with Gasteiger partial charge in [-0.15, -0.1) is 0 Å². The maximum Gasteiger partial charge on any atom is 0.270 e. The molecule has 1 aliphatic heterocycles. The van der Waals surface area contributed by atoms with Gasteiger partial charge in [-0.2, -0.15) is 0 Å². The number of hydrogen-bond acceptors (Lipinski definition) is 9. The number of methoxy groups -OCH3 is 3. The van der Waals surface area contributed by atoms with Crippen molar-refractivity contribution in [2.45, 2.75) is 37.5 Å². The number of benzene rings is 2. The minimum Gasteiger partial charge on any atom is -0.495 e. The number of H-pyrrole nitrogens is 1. The first-order valence-corrected chi connectivity index (χ1v) is 10.9. The van der Waals surface area contributed by atoms with Crippen molar-refractivity contribution in [3.8, 4) is 11.5 Å². The number of nitrogens with zero attached hydrogens (tertiary/aromatic N) is 3. The molecule has 4 rings (SSSR count). The molecule has 11 nitrogen and oxygen atoms in total.